The lowest BCUT2D eigenvalue weighted by Crippen LogP contribution is -2.33. The van der Waals surface area contributed by atoms with Crippen LogP contribution < -0.4 is 10.1 Å². The molecular formula is C19H23NO2S. The summed E-state index contributed by atoms with van der Waals surface area (Å²) in [6, 6.07) is 14.0. The van der Waals surface area contributed by atoms with Crippen molar-refractivity contribution in [3.63, 3.8) is 0 Å². The number of hydrogen-bond acceptors (Lipinski definition) is 3. The first-order valence-electron chi connectivity index (χ1n) is 8.33. The van der Waals surface area contributed by atoms with Crippen LogP contribution in [0.3, 0.4) is 0 Å². The Morgan fingerprint density at radius 3 is 2.65 bits per heavy atom. The molecule has 122 valence electrons. The Balaban J connectivity index is 1.51. The van der Waals surface area contributed by atoms with Crippen molar-refractivity contribution in [3.05, 3.63) is 52.7 Å². The zero-order valence-electron chi connectivity index (χ0n) is 13.2. The number of ether oxygens (including phenoxy) is 1. The molecule has 1 unspecified atom stereocenters. The molecule has 2 aromatic rings. The van der Waals surface area contributed by atoms with Gasteiger partial charge in [-0.3, -0.25) is 4.79 Å². The topological polar surface area (TPSA) is 38.3 Å². The first-order valence-corrected chi connectivity index (χ1v) is 9.21. The van der Waals surface area contributed by atoms with Crippen LogP contribution in [0, 0.1) is 5.92 Å². The number of hydrogen-bond donors (Lipinski definition) is 1. The van der Waals surface area contributed by atoms with Crippen molar-refractivity contribution in [1.82, 2.24) is 5.32 Å². The van der Waals surface area contributed by atoms with E-state index in [0.717, 1.165) is 5.75 Å². The maximum Gasteiger partial charge on any atom is 0.223 e. The van der Waals surface area contributed by atoms with Gasteiger partial charge >= 0.3 is 0 Å². The Hall–Kier alpha value is -1.81. The van der Waals surface area contributed by atoms with E-state index in [1.54, 1.807) is 11.3 Å². The molecule has 3 nitrogen and oxygen atoms in total. The van der Waals surface area contributed by atoms with Crippen LogP contribution in [-0.2, 0) is 4.79 Å². The maximum atomic E-state index is 12.3. The van der Waals surface area contributed by atoms with Crippen LogP contribution in [0.15, 0.2) is 47.8 Å². The molecule has 1 amide bonds. The fourth-order valence-electron chi connectivity index (χ4n) is 3.20. The van der Waals surface area contributed by atoms with Gasteiger partial charge < -0.3 is 10.1 Å². The predicted octanol–water partition coefficient (Wildman–Crippen LogP) is 4.56. The first kappa shape index (κ1) is 16.1. The summed E-state index contributed by atoms with van der Waals surface area (Å²) in [5, 5.41) is 5.32. The molecule has 4 heteroatoms. The van der Waals surface area contributed by atoms with E-state index in [9.17, 15) is 4.79 Å². The third-order valence-corrected chi connectivity index (χ3v) is 5.33. The van der Waals surface area contributed by atoms with E-state index in [1.807, 2.05) is 30.3 Å². The minimum Gasteiger partial charge on any atom is -0.493 e. The monoisotopic (exact) mass is 329 g/mol. The molecule has 1 N–H and O–H groups in total. The lowest BCUT2D eigenvalue weighted by molar-refractivity contribution is -0.122. The molecule has 1 aromatic heterocycles. The van der Waals surface area contributed by atoms with E-state index in [4.69, 9.17) is 4.74 Å². The second-order valence-electron chi connectivity index (χ2n) is 6.02. The van der Waals surface area contributed by atoms with Crippen LogP contribution in [0.5, 0.6) is 5.75 Å². The molecule has 1 aliphatic rings. The van der Waals surface area contributed by atoms with Gasteiger partial charge in [0.15, 0.2) is 0 Å². The summed E-state index contributed by atoms with van der Waals surface area (Å²) in [5.41, 5.74) is 0. The Kier molecular flexibility index (Phi) is 5.70. The highest BCUT2D eigenvalue weighted by Gasteiger charge is 2.28. The Bertz CT molecular complexity index is 591. The van der Waals surface area contributed by atoms with Gasteiger partial charge in [-0.1, -0.05) is 37.1 Å². The van der Waals surface area contributed by atoms with Gasteiger partial charge in [0.05, 0.1) is 19.1 Å². The third kappa shape index (κ3) is 4.58. The zero-order valence-corrected chi connectivity index (χ0v) is 14.1. The fourth-order valence-corrected chi connectivity index (χ4v) is 4.07. The van der Waals surface area contributed by atoms with Gasteiger partial charge in [-0.15, -0.1) is 11.3 Å². The number of carbonyl (C=O) groups excluding carboxylic acids is 1. The molecule has 1 atom stereocenters. The lowest BCUT2D eigenvalue weighted by atomic mass is 9.96. The summed E-state index contributed by atoms with van der Waals surface area (Å²) in [6.45, 7) is 0.414. The zero-order chi connectivity index (χ0) is 15.9. The van der Waals surface area contributed by atoms with E-state index in [-0.39, 0.29) is 11.9 Å². The molecule has 1 saturated carbocycles. The summed E-state index contributed by atoms with van der Waals surface area (Å²) in [4.78, 5) is 13.6. The quantitative estimate of drug-likeness (QED) is 0.808. The number of nitrogens with one attached hydrogen (secondary N) is 1. The van der Waals surface area contributed by atoms with Crippen LogP contribution >= 0.6 is 11.3 Å². The average Bonchev–Trinajstić information content (AvgIpc) is 3.27. The van der Waals surface area contributed by atoms with Gasteiger partial charge in [0.25, 0.3) is 0 Å². The van der Waals surface area contributed by atoms with Gasteiger partial charge in [-0.05, 0) is 42.3 Å². The molecule has 23 heavy (non-hydrogen) atoms. The number of amides is 1. The standard InChI is InChI=1S/C19H23NO2S/c21-18(12-13-22-16-9-2-1-3-10-16)20-19(15-7-4-5-8-15)17-11-6-14-23-17/h1-3,6,9-11,14-15,19H,4-5,7-8,12-13H2,(H,20,21). The molecule has 0 aliphatic heterocycles. The molecule has 0 radical (unpaired) electrons. The number of thiophene rings is 1. The number of carbonyl (C=O) groups is 1. The van der Waals surface area contributed by atoms with E-state index in [1.165, 1.54) is 30.6 Å². The second-order valence-corrected chi connectivity index (χ2v) is 7.00. The molecule has 1 aromatic carbocycles. The van der Waals surface area contributed by atoms with Crippen molar-refractivity contribution >= 4 is 17.2 Å². The summed E-state index contributed by atoms with van der Waals surface area (Å²) in [5.74, 6) is 1.46. The van der Waals surface area contributed by atoms with Crippen molar-refractivity contribution in [2.75, 3.05) is 6.61 Å². The highest BCUT2D eigenvalue weighted by atomic mass is 32.1. The van der Waals surface area contributed by atoms with Crippen molar-refractivity contribution in [1.29, 1.82) is 0 Å². The highest BCUT2D eigenvalue weighted by Crippen LogP contribution is 2.37. The molecule has 1 heterocycles. The van der Waals surface area contributed by atoms with Gasteiger partial charge in [0.2, 0.25) is 5.91 Å². The summed E-state index contributed by atoms with van der Waals surface area (Å²) in [7, 11) is 0. The van der Waals surface area contributed by atoms with Crippen molar-refractivity contribution < 1.29 is 9.53 Å². The normalized spacial score (nSPS) is 16.2. The highest BCUT2D eigenvalue weighted by molar-refractivity contribution is 7.10. The smallest absolute Gasteiger partial charge is 0.223 e. The average molecular weight is 329 g/mol. The molecular weight excluding hydrogens is 306 g/mol. The lowest BCUT2D eigenvalue weighted by Gasteiger charge is -2.23. The molecule has 3 rings (SSSR count). The van der Waals surface area contributed by atoms with Crippen LogP contribution in [0.4, 0.5) is 0 Å². The molecule has 1 fully saturated rings. The Morgan fingerprint density at radius 1 is 1.17 bits per heavy atom. The van der Waals surface area contributed by atoms with Gasteiger partial charge in [-0.2, -0.15) is 0 Å². The van der Waals surface area contributed by atoms with Gasteiger partial charge in [-0.25, -0.2) is 0 Å². The molecule has 0 spiro atoms. The SMILES string of the molecule is O=C(CCOc1ccccc1)NC(c1cccs1)C1CCCC1. The van der Waals surface area contributed by atoms with Crippen LogP contribution in [0.1, 0.15) is 43.0 Å². The second kappa shape index (κ2) is 8.16. The van der Waals surface area contributed by atoms with Crippen LogP contribution in [-0.4, -0.2) is 12.5 Å². The Morgan fingerprint density at radius 2 is 1.96 bits per heavy atom. The summed E-state index contributed by atoms with van der Waals surface area (Å²) < 4.78 is 5.62. The van der Waals surface area contributed by atoms with Crippen molar-refractivity contribution in [2.24, 2.45) is 5.92 Å². The summed E-state index contributed by atoms with van der Waals surface area (Å²) >= 11 is 1.73. The molecule has 0 saturated heterocycles. The fraction of sp³-hybridized carbons (Fsp3) is 0.421. The van der Waals surface area contributed by atoms with Gasteiger partial charge in [0.1, 0.15) is 5.75 Å². The number of benzene rings is 1. The largest absolute Gasteiger partial charge is 0.493 e. The van der Waals surface area contributed by atoms with E-state index in [2.05, 4.69) is 22.8 Å². The number of para-hydroxylation sites is 1. The van der Waals surface area contributed by atoms with E-state index < -0.39 is 0 Å². The van der Waals surface area contributed by atoms with Crippen molar-refractivity contribution in [3.8, 4) is 5.75 Å². The minimum absolute atomic E-state index is 0.0752. The Labute approximate surface area is 141 Å². The first-order chi connectivity index (χ1) is 11.3. The van der Waals surface area contributed by atoms with Gasteiger partial charge in [0, 0.05) is 4.88 Å². The van der Waals surface area contributed by atoms with E-state index >= 15 is 0 Å². The maximum absolute atomic E-state index is 12.3. The minimum atomic E-state index is 0.0752. The number of rotatable bonds is 7. The molecule has 0 bridgehead atoms. The third-order valence-electron chi connectivity index (χ3n) is 4.38. The summed E-state index contributed by atoms with van der Waals surface area (Å²) in [6.07, 6.45) is 5.37. The molecule has 1 aliphatic carbocycles. The van der Waals surface area contributed by atoms with E-state index in [0.29, 0.717) is 18.9 Å². The van der Waals surface area contributed by atoms with Crippen molar-refractivity contribution in [2.45, 2.75) is 38.1 Å². The van der Waals surface area contributed by atoms with Crippen LogP contribution in [0.2, 0.25) is 0 Å². The predicted molar refractivity (Wildman–Crippen MR) is 93.7 cm³/mol. The van der Waals surface area contributed by atoms with Crippen LogP contribution in [0.25, 0.3) is 0 Å².